The Morgan fingerprint density at radius 3 is 1.57 bits per heavy atom. The molecule has 9 aromatic rings. The van der Waals surface area contributed by atoms with Crippen molar-refractivity contribution in [1.29, 1.82) is 0 Å². The molecule has 0 saturated heterocycles. The lowest BCUT2D eigenvalue weighted by Gasteiger charge is -2.29. The van der Waals surface area contributed by atoms with Crippen molar-refractivity contribution < 1.29 is 19.5 Å². The summed E-state index contributed by atoms with van der Waals surface area (Å²) < 4.78 is 105. The Balaban J connectivity index is 1.39. The van der Waals surface area contributed by atoms with Gasteiger partial charge in [0.25, 0.3) is 0 Å². The highest BCUT2D eigenvalue weighted by atomic mass is 16.3. The van der Waals surface area contributed by atoms with E-state index in [0.717, 1.165) is 17.1 Å². The van der Waals surface area contributed by atoms with Gasteiger partial charge in [-0.05, 0) is 106 Å². The van der Waals surface area contributed by atoms with Crippen LogP contribution in [-0.2, 0) is 0 Å². The van der Waals surface area contributed by atoms with Crippen LogP contribution in [0.2, 0.25) is 0 Å². The Hall–Kier alpha value is -6.32. The summed E-state index contributed by atoms with van der Waals surface area (Å²) in [6, 6.07) is 31.0. The van der Waals surface area contributed by atoms with Gasteiger partial charge in [0.15, 0.2) is 0 Å². The third-order valence-electron chi connectivity index (χ3n) is 8.05. The Kier molecular flexibility index (Phi) is 4.30. The monoisotopic (exact) mass is 613 g/mol. The van der Waals surface area contributed by atoms with E-state index < -0.39 is 60.4 Å². The molecule has 3 heteroatoms. The van der Waals surface area contributed by atoms with E-state index in [1.54, 1.807) is 17.0 Å². The highest BCUT2D eigenvalue weighted by Gasteiger charge is 2.18. The average Bonchev–Trinajstić information content (AvgIpc) is 3.66. The van der Waals surface area contributed by atoms with Gasteiger partial charge in [0.05, 0.1) is 15.1 Å². The first-order valence-corrected chi connectivity index (χ1v) is 15.1. The van der Waals surface area contributed by atoms with Gasteiger partial charge >= 0.3 is 0 Å². The first kappa shape index (κ1) is 18.0. The van der Waals surface area contributed by atoms with Crippen molar-refractivity contribution in [3.63, 3.8) is 0 Å². The normalized spacial score (nSPS) is 14.7. The lowest BCUT2D eigenvalue weighted by atomic mass is 9.99. The number of anilines is 6. The molecule has 0 radical (unpaired) electrons. The van der Waals surface area contributed by atoms with Crippen LogP contribution in [-0.4, -0.2) is 0 Å². The highest BCUT2D eigenvalue weighted by molar-refractivity contribution is 6.17. The number of nitrogens with zero attached hydrogens (tertiary/aromatic N) is 2. The van der Waals surface area contributed by atoms with Crippen molar-refractivity contribution in [2.45, 2.75) is 0 Å². The molecular formula is C44H30N2O. The van der Waals surface area contributed by atoms with Crippen LogP contribution in [0.15, 0.2) is 186 Å². The van der Waals surface area contributed by atoms with E-state index in [9.17, 15) is 6.85 Å². The smallest absolute Gasteiger partial charge is 0.136 e. The van der Waals surface area contributed by atoms with E-state index >= 15 is 0 Å². The molecule has 1 aromatic heterocycles. The van der Waals surface area contributed by atoms with Crippen LogP contribution >= 0.6 is 0 Å². The van der Waals surface area contributed by atoms with E-state index in [1.165, 1.54) is 0 Å². The van der Waals surface area contributed by atoms with Gasteiger partial charge in [-0.3, -0.25) is 0 Å². The second kappa shape index (κ2) is 11.2. The molecule has 0 saturated carbocycles. The van der Waals surface area contributed by atoms with Crippen LogP contribution in [0.4, 0.5) is 34.1 Å². The predicted octanol–water partition coefficient (Wildman–Crippen LogP) is 12.8. The molecule has 0 unspecified atom stereocenters. The standard InChI is InChI=1S/C44H30N2O/c1-4-13-33(14-5-1)45(34-15-6-2-7-16-34)36-19-12-20-37(28-36)46(35-17-8-3-9-18-35)38-26-25-31-23-24-32-27-44-42(30-41(32)40(31)29-38)39-21-10-11-22-43(39)47-44/h1-30H/i10D,11D,21D,22D,23D,24D,25D,26D,27D,29D,30D. The van der Waals surface area contributed by atoms with Crippen LogP contribution in [0.3, 0.4) is 0 Å². The van der Waals surface area contributed by atoms with Crippen molar-refractivity contribution in [3.05, 3.63) is 182 Å². The second-order valence-electron chi connectivity index (χ2n) is 10.9. The van der Waals surface area contributed by atoms with Crippen LogP contribution in [0, 0.1) is 0 Å². The van der Waals surface area contributed by atoms with E-state index in [4.69, 9.17) is 12.6 Å². The van der Waals surface area contributed by atoms with Crippen LogP contribution in [0.1, 0.15) is 15.1 Å². The van der Waals surface area contributed by atoms with Gasteiger partial charge in [-0.2, -0.15) is 0 Å². The minimum absolute atomic E-state index is 0.0461. The Morgan fingerprint density at radius 1 is 0.383 bits per heavy atom. The third-order valence-corrected chi connectivity index (χ3v) is 8.05. The summed E-state index contributed by atoms with van der Waals surface area (Å²) in [5.41, 5.74) is 3.03. The minimum Gasteiger partial charge on any atom is -0.456 e. The fourth-order valence-electron chi connectivity index (χ4n) is 5.94. The Labute approximate surface area is 288 Å². The Bertz CT molecular complexity index is 3100. The van der Waals surface area contributed by atoms with Crippen molar-refractivity contribution in [3.8, 4) is 0 Å². The van der Waals surface area contributed by atoms with E-state index in [1.807, 2.05) is 103 Å². The third kappa shape index (κ3) is 4.77. The number of benzene rings is 8. The highest BCUT2D eigenvalue weighted by Crippen LogP contribution is 2.42. The molecule has 8 aromatic carbocycles. The number of hydrogen-bond acceptors (Lipinski definition) is 3. The molecule has 0 N–H and O–H groups in total. The topological polar surface area (TPSA) is 19.6 Å². The summed E-state index contributed by atoms with van der Waals surface area (Å²) >= 11 is 0. The maximum Gasteiger partial charge on any atom is 0.136 e. The number of rotatable bonds is 6. The fraction of sp³-hybridized carbons (Fsp3) is 0. The molecule has 0 spiro atoms. The molecular weight excluding hydrogens is 572 g/mol. The SMILES string of the molecule is [2H]c1c([2H])c([2H])c2c(oc3c([2H])c4c([2H])c([2H])c5c([2H])c([2H])c(N(c6ccccc6)c6cccc(N(c7ccccc7)c7ccccc7)c6)c([2H])c5c4c([2H])c32)c1[2H]. The van der Waals surface area contributed by atoms with E-state index in [-0.39, 0.29) is 55.2 Å². The molecule has 0 atom stereocenters. The summed E-state index contributed by atoms with van der Waals surface area (Å²) in [6.07, 6.45) is 0. The number of furan rings is 1. The quantitative estimate of drug-likeness (QED) is 0.174. The minimum atomic E-state index is -0.562. The van der Waals surface area contributed by atoms with E-state index in [0.29, 0.717) is 11.4 Å². The largest absolute Gasteiger partial charge is 0.456 e. The molecule has 0 aliphatic carbocycles. The fourth-order valence-corrected chi connectivity index (χ4v) is 5.94. The molecule has 0 bridgehead atoms. The van der Waals surface area contributed by atoms with Gasteiger partial charge in [0, 0.05) is 44.9 Å². The lowest BCUT2D eigenvalue weighted by Crippen LogP contribution is -2.13. The molecule has 0 aliphatic heterocycles. The van der Waals surface area contributed by atoms with Crippen LogP contribution in [0.5, 0.6) is 0 Å². The van der Waals surface area contributed by atoms with Gasteiger partial charge in [-0.1, -0.05) is 96.9 Å². The van der Waals surface area contributed by atoms with Gasteiger partial charge in [-0.25, -0.2) is 0 Å². The molecule has 1 heterocycles. The summed E-state index contributed by atoms with van der Waals surface area (Å²) in [7, 11) is 0. The molecule has 0 fully saturated rings. The van der Waals surface area contributed by atoms with Gasteiger partial charge < -0.3 is 14.2 Å². The van der Waals surface area contributed by atoms with Gasteiger partial charge in [0.2, 0.25) is 0 Å². The number of hydrogen-bond donors (Lipinski definition) is 0. The number of fused-ring (bicyclic) bond motifs is 6. The van der Waals surface area contributed by atoms with Crippen molar-refractivity contribution >= 4 is 77.6 Å². The first-order valence-electron chi connectivity index (χ1n) is 20.6. The molecule has 3 nitrogen and oxygen atoms in total. The summed E-state index contributed by atoms with van der Waals surface area (Å²) in [6.45, 7) is 0. The second-order valence-corrected chi connectivity index (χ2v) is 10.9. The maximum atomic E-state index is 9.91. The number of para-hydroxylation sites is 4. The molecule has 9 rings (SSSR count). The van der Waals surface area contributed by atoms with E-state index in [2.05, 4.69) is 4.90 Å². The molecule has 0 aliphatic rings. The molecule has 222 valence electrons. The average molecular weight is 614 g/mol. The summed E-state index contributed by atoms with van der Waals surface area (Å²) in [4.78, 5) is 3.75. The van der Waals surface area contributed by atoms with Crippen molar-refractivity contribution in [1.82, 2.24) is 0 Å². The van der Waals surface area contributed by atoms with Gasteiger partial charge in [0.1, 0.15) is 11.2 Å². The summed E-state index contributed by atoms with van der Waals surface area (Å²) in [5, 5.41) is -0.931. The zero-order valence-corrected chi connectivity index (χ0v) is 24.8. The maximum absolute atomic E-state index is 9.91. The summed E-state index contributed by atoms with van der Waals surface area (Å²) in [5.74, 6) is 0. The molecule has 0 amide bonds. The first-order chi connectivity index (χ1) is 27.9. The van der Waals surface area contributed by atoms with Crippen molar-refractivity contribution in [2.75, 3.05) is 9.80 Å². The Morgan fingerprint density at radius 2 is 0.915 bits per heavy atom. The van der Waals surface area contributed by atoms with Gasteiger partial charge in [-0.15, -0.1) is 0 Å². The molecule has 47 heavy (non-hydrogen) atoms. The predicted molar refractivity (Wildman–Crippen MR) is 198 cm³/mol. The zero-order chi connectivity index (χ0) is 40.7. The van der Waals surface area contributed by atoms with Crippen molar-refractivity contribution in [2.24, 2.45) is 0 Å². The van der Waals surface area contributed by atoms with Crippen LogP contribution < -0.4 is 9.80 Å². The lowest BCUT2D eigenvalue weighted by molar-refractivity contribution is 0.669. The zero-order valence-electron chi connectivity index (χ0n) is 35.8. The van der Waals surface area contributed by atoms with Crippen LogP contribution in [0.25, 0.3) is 43.5 Å².